The van der Waals surface area contributed by atoms with Crippen molar-refractivity contribution in [1.82, 2.24) is 5.43 Å². The lowest BCUT2D eigenvalue weighted by Gasteiger charge is -2.28. The minimum atomic E-state index is -4.51. The quantitative estimate of drug-likeness (QED) is 0.494. The van der Waals surface area contributed by atoms with E-state index in [1.165, 1.54) is 6.42 Å². The second-order valence-electron chi connectivity index (χ2n) is 5.69. The van der Waals surface area contributed by atoms with Crippen molar-refractivity contribution in [3.8, 4) is 0 Å². The zero-order valence-corrected chi connectivity index (χ0v) is 11.7. The summed E-state index contributed by atoms with van der Waals surface area (Å²) in [6.45, 7) is 0. The van der Waals surface area contributed by atoms with Crippen LogP contribution in [0.15, 0.2) is 18.2 Å². The first-order chi connectivity index (χ1) is 9.91. The summed E-state index contributed by atoms with van der Waals surface area (Å²) < 4.78 is 52.6. The van der Waals surface area contributed by atoms with Gasteiger partial charge in [-0.25, -0.2) is 4.39 Å². The van der Waals surface area contributed by atoms with Gasteiger partial charge < -0.3 is 0 Å². The van der Waals surface area contributed by atoms with Crippen molar-refractivity contribution in [2.24, 2.45) is 11.8 Å². The van der Waals surface area contributed by atoms with Gasteiger partial charge in [0.15, 0.2) is 0 Å². The van der Waals surface area contributed by atoms with Crippen LogP contribution in [0.2, 0.25) is 0 Å². The summed E-state index contributed by atoms with van der Waals surface area (Å²) >= 11 is 0. The molecule has 1 aromatic rings. The average molecular weight is 304 g/mol. The Balaban J connectivity index is 2.25. The number of hydrogen-bond acceptors (Lipinski definition) is 2. The highest BCUT2D eigenvalue weighted by atomic mass is 19.4. The van der Waals surface area contributed by atoms with Gasteiger partial charge in [-0.1, -0.05) is 32.1 Å². The normalized spacial score (nSPS) is 18.7. The number of halogens is 4. The maximum absolute atomic E-state index is 13.4. The number of nitrogens with two attached hydrogens (primary N) is 1. The standard InChI is InChI=1S/C15H20F4N2/c16-11-6-7-13(15(17,18)19)12(9-11)14(21-20)8-10-4-2-1-3-5-10/h6-7,9-10,14,21H,1-5,8,20H2. The minimum absolute atomic E-state index is 0.101. The number of hydrogen-bond donors (Lipinski definition) is 2. The van der Waals surface area contributed by atoms with Gasteiger partial charge in [0.05, 0.1) is 5.56 Å². The molecule has 1 saturated carbocycles. The summed E-state index contributed by atoms with van der Waals surface area (Å²) in [6, 6.07) is 1.88. The molecule has 2 nitrogen and oxygen atoms in total. The fourth-order valence-corrected chi connectivity index (χ4v) is 3.12. The summed E-state index contributed by atoms with van der Waals surface area (Å²) in [5.41, 5.74) is 1.52. The van der Waals surface area contributed by atoms with Gasteiger partial charge in [0.25, 0.3) is 0 Å². The maximum Gasteiger partial charge on any atom is 0.416 e. The van der Waals surface area contributed by atoms with Gasteiger partial charge in [0, 0.05) is 6.04 Å². The Hall–Kier alpha value is -1.14. The molecule has 0 spiro atoms. The van der Waals surface area contributed by atoms with Gasteiger partial charge >= 0.3 is 6.18 Å². The molecule has 0 saturated heterocycles. The van der Waals surface area contributed by atoms with Gasteiger partial charge in [-0.2, -0.15) is 13.2 Å². The molecule has 0 amide bonds. The summed E-state index contributed by atoms with van der Waals surface area (Å²) in [5, 5.41) is 0. The molecule has 21 heavy (non-hydrogen) atoms. The highest BCUT2D eigenvalue weighted by molar-refractivity contribution is 5.33. The Morgan fingerprint density at radius 2 is 1.86 bits per heavy atom. The summed E-state index contributed by atoms with van der Waals surface area (Å²) in [6.07, 6.45) is 1.34. The third-order valence-corrected chi connectivity index (χ3v) is 4.19. The smallest absolute Gasteiger partial charge is 0.271 e. The van der Waals surface area contributed by atoms with E-state index < -0.39 is 23.6 Å². The minimum Gasteiger partial charge on any atom is -0.271 e. The van der Waals surface area contributed by atoms with E-state index in [1.807, 2.05) is 0 Å². The van der Waals surface area contributed by atoms with Crippen LogP contribution in [0, 0.1) is 11.7 Å². The van der Waals surface area contributed by atoms with E-state index in [0.717, 1.165) is 43.9 Å². The molecule has 0 bridgehead atoms. The second-order valence-corrected chi connectivity index (χ2v) is 5.69. The molecule has 0 heterocycles. The van der Waals surface area contributed by atoms with E-state index in [9.17, 15) is 17.6 Å². The number of benzene rings is 1. The average Bonchev–Trinajstić information content (AvgIpc) is 2.44. The Morgan fingerprint density at radius 3 is 2.43 bits per heavy atom. The van der Waals surface area contributed by atoms with E-state index in [4.69, 9.17) is 5.84 Å². The van der Waals surface area contributed by atoms with E-state index in [-0.39, 0.29) is 5.56 Å². The van der Waals surface area contributed by atoms with Crippen LogP contribution in [-0.2, 0) is 6.18 Å². The van der Waals surface area contributed by atoms with Crippen LogP contribution in [-0.4, -0.2) is 0 Å². The summed E-state index contributed by atoms with van der Waals surface area (Å²) in [4.78, 5) is 0. The van der Waals surface area contributed by atoms with Gasteiger partial charge in [-0.3, -0.25) is 11.3 Å². The fourth-order valence-electron chi connectivity index (χ4n) is 3.12. The Kier molecular flexibility index (Phi) is 5.22. The van der Waals surface area contributed by atoms with E-state index in [1.54, 1.807) is 0 Å². The van der Waals surface area contributed by atoms with E-state index in [0.29, 0.717) is 12.3 Å². The van der Waals surface area contributed by atoms with Gasteiger partial charge in [0.1, 0.15) is 5.82 Å². The zero-order chi connectivity index (χ0) is 15.5. The fraction of sp³-hybridized carbons (Fsp3) is 0.600. The van der Waals surface area contributed by atoms with Crippen LogP contribution < -0.4 is 11.3 Å². The SMILES string of the molecule is NNC(CC1CCCCC1)c1cc(F)ccc1C(F)(F)F. The van der Waals surface area contributed by atoms with Crippen LogP contribution in [0.1, 0.15) is 55.7 Å². The van der Waals surface area contributed by atoms with Gasteiger partial charge in [0.2, 0.25) is 0 Å². The predicted octanol–water partition coefficient (Wildman–Crippen LogP) is 4.32. The van der Waals surface area contributed by atoms with Crippen molar-refractivity contribution in [3.63, 3.8) is 0 Å². The molecule has 1 fully saturated rings. The largest absolute Gasteiger partial charge is 0.416 e. The molecule has 0 radical (unpaired) electrons. The molecule has 3 N–H and O–H groups in total. The van der Waals surface area contributed by atoms with Crippen LogP contribution in [0.25, 0.3) is 0 Å². The van der Waals surface area contributed by atoms with E-state index >= 15 is 0 Å². The highest BCUT2D eigenvalue weighted by Gasteiger charge is 2.35. The number of alkyl halides is 3. The lowest BCUT2D eigenvalue weighted by molar-refractivity contribution is -0.138. The van der Waals surface area contributed by atoms with Crippen molar-refractivity contribution in [2.75, 3.05) is 0 Å². The second kappa shape index (κ2) is 6.75. The highest BCUT2D eigenvalue weighted by Crippen LogP contribution is 2.38. The summed E-state index contributed by atoms with van der Waals surface area (Å²) in [7, 11) is 0. The van der Waals surface area contributed by atoms with Crippen LogP contribution in [0.3, 0.4) is 0 Å². The van der Waals surface area contributed by atoms with Crippen LogP contribution >= 0.6 is 0 Å². The van der Waals surface area contributed by atoms with Gasteiger partial charge in [-0.05, 0) is 36.1 Å². The number of hydrazine groups is 1. The third-order valence-electron chi connectivity index (χ3n) is 4.19. The van der Waals surface area contributed by atoms with E-state index in [2.05, 4.69) is 5.43 Å². The Labute approximate surface area is 121 Å². The topological polar surface area (TPSA) is 38.0 Å². The third kappa shape index (κ3) is 4.17. The molecule has 1 unspecified atom stereocenters. The molecule has 118 valence electrons. The molecule has 1 aromatic carbocycles. The Bertz CT molecular complexity index is 467. The predicted molar refractivity (Wildman–Crippen MR) is 72.7 cm³/mol. The molecular weight excluding hydrogens is 284 g/mol. The van der Waals surface area contributed by atoms with Crippen molar-refractivity contribution < 1.29 is 17.6 Å². The monoisotopic (exact) mass is 304 g/mol. The number of nitrogens with one attached hydrogen (secondary N) is 1. The maximum atomic E-state index is 13.4. The van der Waals surface area contributed by atoms with Crippen molar-refractivity contribution in [1.29, 1.82) is 0 Å². The molecule has 1 aliphatic rings. The lowest BCUT2D eigenvalue weighted by atomic mass is 9.82. The van der Waals surface area contributed by atoms with Crippen LogP contribution in [0.5, 0.6) is 0 Å². The van der Waals surface area contributed by atoms with Crippen molar-refractivity contribution in [2.45, 2.75) is 50.7 Å². The van der Waals surface area contributed by atoms with Crippen molar-refractivity contribution >= 4 is 0 Å². The first-order valence-electron chi connectivity index (χ1n) is 7.24. The van der Waals surface area contributed by atoms with Crippen molar-refractivity contribution in [3.05, 3.63) is 35.1 Å². The zero-order valence-electron chi connectivity index (χ0n) is 11.7. The Morgan fingerprint density at radius 1 is 1.19 bits per heavy atom. The molecule has 0 aromatic heterocycles. The molecule has 2 rings (SSSR count). The lowest BCUT2D eigenvalue weighted by Crippen LogP contribution is -2.32. The van der Waals surface area contributed by atoms with Crippen LogP contribution in [0.4, 0.5) is 17.6 Å². The first-order valence-corrected chi connectivity index (χ1v) is 7.24. The molecule has 1 atom stereocenters. The van der Waals surface area contributed by atoms with Gasteiger partial charge in [-0.15, -0.1) is 0 Å². The molecule has 1 aliphatic carbocycles. The molecule has 0 aliphatic heterocycles. The first kappa shape index (κ1) is 16.2. The molecular formula is C15H20F4N2. The molecule has 6 heteroatoms. The summed E-state index contributed by atoms with van der Waals surface area (Å²) in [5.74, 6) is 5.10. The number of rotatable bonds is 4.